The molecule has 0 saturated heterocycles. The van der Waals surface area contributed by atoms with Crippen LogP contribution in [0.25, 0.3) is 0 Å². The van der Waals surface area contributed by atoms with E-state index in [0.717, 1.165) is 25.7 Å². The maximum Gasteiger partial charge on any atom is 0.102 e. The smallest absolute Gasteiger partial charge is 0.102 e. The molecule has 0 radical (unpaired) electrons. The molecule has 6 atom stereocenters. The number of methoxy groups -OCH3 is 1. The van der Waals surface area contributed by atoms with E-state index >= 15 is 0 Å². The molecule has 24 heavy (non-hydrogen) atoms. The standard InChI is InChI=1S/C21H36O3/c1-18-13-11-16(19(18,2)15-8-5-4-6-9-15)20(12-7-10-17(20)22)21(18,23)14-24-3/h15-17,22-23H,4-14H2,1-3H3/t16-,17+,18+,19+,20+,21+/m1/s1. The van der Waals surface area contributed by atoms with Gasteiger partial charge in [0.2, 0.25) is 0 Å². The number of hydrogen-bond acceptors (Lipinski definition) is 3. The van der Waals surface area contributed by atoms with Gasteiger partial charge in [-0.25, -0.2) is 0 Å². The highest BCUT2D eigenvalue weighted by molar-refractivity contribution is 5.31. The van der Waals surface area contributed by atoms with E-state index < -0.39 is 5.60 Å². The molecule has 0 heterocycles. The van der Waals surface area contributed by atoms with Gasteiger partial charge >= 0.3 is 0 Å². The van der Waals surface area contributed by atoms with Crippen molar-refractivity contribution in [3.8, 4) is 0 Å². The van der Waals surface area contributed by atoms with Crippen molar-refractivity contribution in [1.29, 1.82) is 0 Å². The molecular formula is C21H36O3. The van der Waals surface area contributed by atoms with E-state index in [1.165, 1.54) is 38.5 Å². The second kappa shape index (κ2) is 5.44. The van der Waals surface area contributed by atoms with Gasteiger partial charge in [0, 0.05) is 17.9 Å². The molecule has 1 spiro atoms. The van der Waals surface area contributed by atoms with Gasteiger partial charge in [0.15, 0.2) is 0 Å². The molecule has 4 aliphatic rings. The summed E-state index contributed by atoms with van der Waals surface area (Å²) < 4.78 is 5.60. The van der Waals surface area contributed by atoms with Gasteiger partial charge in [-0.3, -0.25) is 0 Å². The molecule has 4 saturated carbocycles. The van der Waals surface area contributed by atoms with Crippen LogP contribution in [0.3, 0.4) is 0 Å². The third kappa shape index (κ3) is 1.66. The lowest BCUT2D eigenvalue weighted by molar-refractivity contribution is -0.216. The van der Waals surface area contributed by atoms with E-state index in [2.05, 4.69) is 13.8 Å². The Hall–Kier alpha value is -0.120. The molecule has 0 aromatic heterocycles. The predicted octanol–water partition coefficient (Wildman–Crippen LogP) is 3.91. The molecule has 0 aliphatic heterocycles. The lowest BCUT2D eigenvalue weighted by Crippen LogP contribution is -2.62. The topological polar surface area (TPSA) is 49.7 Å². The highest BCUT2D eigenvalue weighted by atomic mass is 16.5. The van der Waals surface area contributed by atoms with Gasteiger partial charge in [-0.15, -0.1) is 0 Å². The van der Waals surface area contributed by atoms with Gasteiger partial charge in [-0.05, 0) is 55.8 Å². The van der Waals surface area contributed by atoms with Gasteiger partial charge in [-0.1, -0.05) is 39.5 Å². The lowest BCUT2D eigenvalue weighted by atomic mass is 9.55. The number of fused-ring (bicyclic) bond motifs is 3. The maximum atomic E-state index is 12.1. The Labute approximate surface area is 147 Å². The molecule has 4 fully saturated rings. The minimum absolute atomic E-state index is 0.131. The number of rotatable bonds is 3. The predicted molar refractivity (Wildman–Crippen MR) is 94.6 cm³/mol. The first-order valence-electron chi connectivity index (χ1n) is 10.3. The normalized spacial score (nSPS) is 54.9. The van der Waals surface area contributed by atoms with Gasteiger partial charge in [0.25, 0.3) is 0 Å². The number of aliphatic hydroxyl groups is 2. The fourth-order valence-corrected chi connectivity index (χ4v) is 8.47. The summed E-state index contributed by atoms with van der Waals surface area (Å²) in [4.78, 5) is 0. The zero-order chi connectivity index (χ0) is 17.2. The van der Waals surface area contributed by atoms with Crippen molar-refractivity contribution in [2.24, 2.45) is 28.1 Å². The first kappa shape index (κ1) is 17.3. The third-order valence-electron chi connectivity index (χ3n) is 9.62. The zero-order valence-corrected chi connectivity index (χ0v) is 15.8. The highest BCUT2D eigenvalue weighted by Gasteiger charge is 2.83. The summed E-state index contributed by atoms with van der Waals surface area (Å²) in [7, 11) is 1.71. The van der Waals surface area contributed by atoms with Crippen LogP contribution in [0.4, 0.5) is 0 Å². The molecule has 138 valence electrons. The van der Waals surface area contributed by atoms with Gasteiger partial charge < -0.3 is 14.9 Å². The first-order valence-corrected chi connectivity index (χ1v) is 10.3. The Kier molecular flexibility index (Phi) is 3.92. The van der Waals surface area contributed by atoms with Crippen LogP contribution in [0.1, 0.15) is 78.1 Å². The molecule has 2 bridgehead atoms. The molecule has 2 N–H and O–H groups in total. The highest BCUT2D eigenvalue weighted by Crippen LogP contribution is 2.82. The Morgan fingerprint density at radius 3 is 2.25 bits per heavy atom. The summed E-state index contributed by atoms with van der Waals surface area (Å²) in [5.41, 5.74) is -1.25. The minimum atomic E-state index is -0.889. The molecule has 0 aromatic rings. The van der Waals surface area contributed by atoms with Gasteiger partial charge in [0.05, 0.1) is 12.7 Å². The molecule has 0 amide bonds. The van der Waals surface area contributed by atoms with Crippen molar-refractivity contribution in [2.45, 2.75) is 89.8 Å². The summed E-state index contributed by atoms with van der Waals surface area (Å²) >= 11 is 0. The SMILES string of the molecule is COC[C@@]1(O)[C@@]2(CCC[C@@H]2O)[C@@H]2CC[C@@]1(C)[C@@]2(C)C1CCCCC1. The van der Waals surface area contributed by atoms with Crippen LogP contribution >= 0.6 is 0 Å². The van der Waals surface area contributed by atoms with Crippen LogP contribution in [0.15, 0.2) is 0 Å². The van der Waals surface area contributed by atoms with Crippen LogP contribution in [0.2, 0.25) is 0 Å². The Morgan fingerprint density at radius 2 is 1.67 bits per heavy atom. The van der Waals surface area contributed by atoms with E-state index in [0.29, 0.717) is 18.4 Å². The van der Waals surface area contributed by atoms with E-state index in [1.54, 1.807) is 7.11 Å². The summed E-state index contributed by atoms with van der Waals surface area (Å²) in [5, 5.41) is 23.2. The number of aliphatic hydroxyl groups excluding tert-OH is 1. The summed E-state index contributed by atoms with van der Waals surface area (Å²) in [6.45, 7) is 5.18. The van der Waals surface area contributed by atoms with E-state index in [1.807, 2.05) is 0 Å². The number of hydrogen-bond donors (Lipinski definition) is 2. The average molecular weight is 337 g/mol. The zero-order valence-electron chi connectivity index (χ0n) is 15.8. The van der Waals surface area contributed by atoms with E-state index in [4.69, 9.17) is 4.74 Å². The van der Waals surface area contributed by atoms with Crippen LogP contribution in [0, 0.1) is 28.1 Å². The van der Waals surface area contributed by atoms with Crippen molar-refractivity contribution in [3.05, 3.63) is 0 Å². The third-order valence-corrected chi connectivity index (χ3v) is 9.62. The number of ether oxygens (including phenoxy) is 1. The fraction of sp³-hybridized carbons (Fsp3) is 1.00. The van der Waals surface area contributed by atoms with Crippen LogP contribution < -0.4 is 0 Å². The van der Waals surface area contributed by atoms with Crippen LogP contribution in [-0.4, -0.2) is 35.6 Å². The molecule has 3 heteroatoms. The first-order chi connectivity index (χ1) is 11.4. The van der Waals surface area contributed by atoms with Crippen molar-refractivity contribution >= 4 is 0 Å². The second-order valence-corrected chi connectivity index (χ2v) is 9.78. The van der Waals surface area contributed by atoms with E-state index in [9.17, 15) is 10.2 Å². The summed E-state index contributed by atoms with van der Waals surface area (Å²) in [5.74, 6) is 1.13. The van der Waals surface area contributed by atoms with Crippen molar-refractivity contribution in [3.63, 3.8) is 0 Å². The quantitative estimate of drug-likeness (QED) is 0.821. The van der Waals surface area contributed by atoms with Crippen molar-refractivity contribution in [2.75, 3.05) is 13.7 Å². The molecule has 3 nitrogen and oxygen atoms in total. The van der Waals surface area contributed by atoms with Gasteiger partial charge in [0.1, 0.15) is 5.60 Å². The fourth-order valence-electron chi connectivity index (χ4n) is 8.47. The molecule has 0 unspecified atom stereocenters. The van der Waals surface area contributed by atoms with Gasteiger partial charge in [-0.2, -0.15) is 0 Å². The summed E-state index contributed by atoms with van der Waals surface area (Å²) in [6, 6.07) is 0. The largest absolute Gasteiger partial charge is 0.392 e. The Morgan fingerprint density at radius 1 is 0.958 bits per heavy atom. The molecular weight excluding hydrogens is 300 g/mol. The van der Waals surface area contributed by atoms with Crippen LogP contribution in [0.5, 0.6) is 0 Å². The summed E-state index contributed by atoms with van der Waals surface area (Å²) in [6.07, 6.45) is 11.4. The molecule has 4 rings (SSSR count). The average Bonchev–Trinajstić information content (AvgIpc) is 3.12. The van der Waals surface area contributed by atoms with Crippen LogP contribution in [-0.2, 0) is 4.74 Å². The Balaban J connectivity index is 1.86. The van der Waals surface area contributed by atoms with E-state index in [-0.39, 0.29) is 22.3 Å². The second-order valence-electron chi connectivity index (χ2n) is 9.78. The molecule has 0 aromatic carbocycles. The monoisotopic (exact) mass is 336 g/mol. The van der Waals surface area contributed by atoms with Crippen molar-refractivity contribution < 1.29 is 14.9 Å². The van der Waals surface area contributed by atoms with Crippen molar-refractivity contribution in [1.82, 2.24) is 0 Å². The lowest BCUT2D eigenvalue weighted by Gasteiger charge is -2.54. The minimum Gasteiger partial charge on any atom is -0.392 e. The maximum absolute atomic E-state index is 12.1. The molecule has 4 aliphatic carbocycles. The Bertz CT molecular complexity index is 501.